The molecule has 5 nitrogen and oxygen atoms in total. The summed E-state index contributed by atoms with van der Waals surface area (Å²) in [5.74, 6) is -1.32. The minimum absolute atomic E-state index is 0.367. The zero-order valence-corrected chi connectivity index (χ0v) is 12.2. The van der Waals surface area contributed by atoms with Crippen molar-refractivity contribution in [1.82, 2.24) is 10.3 Å². The zero-order valence-electron chi connectivity index (χ0n) is 12.2. The van der Waals surface area contributed by atoms with Gasteiger partial charge in [0.25, 0.3) is 5.91 Å². The van der Waals surface area contributed by atoms with Gasteiger partial charge in [0.2, 0.25) is 0 Å². The van der Waals surface area contributed by atoms with Gasteiger partial charge in [0, 0.05) is 17.8 Å². The van der Waals surface area contributed by atoms with Gasteiger partial charge in [-0.2, -0.15) is 0 Å². The first-order valence-electron chi connectivity index (χ1n) is 7.51. The fourth-order valence-electron chi connectivity index (χ4n) is 3.13. The first kappa shape index (κ1) is 14.5. The number of carbonyl (C=O) groups is 2. The molecular weight excluding hydrogens is 280 g/mol. The summed E-state index contributed by atoms with van der Waals surface area (Å²) in [6.07, 6.45) is 6.80. The van der Waals surface area contributed by atoms with Gasteiger partial charge in [0.15, 0.2) is 0 Å². The average molecular weight is 298 g/mol. The highest BCUT2D eigenvalue weighted by molar-refractivity contribution is 6.07. The van der Waals surface area contributed by atoms with Crippen molar-refractivity contribution in [2.75, 3.05) is 0 Å². The van der Waals surface area contributed by atoms with E-state index in [4.69, 9.17) is 0 Å². The van der Waals surface area contributed by atoms with E-state index >= 15 is 0 Å². The summed E-state index contributed by atoms with van der Waals surface area (Å²) >= 11 is 0. The maximum absolute atomic E-state index is 12.6. The van der Waals surface area contributed by atoms with Gasteiger partial charge < -0.3 is 10.4 Å². The van der Waals surface area contributed by atoms with Crippen LogP contribution in [0.3, 0.4) is 0 Å². The van der Waals surface area contributed by atoms with Crippen LogP contribution in [0.15, 0.2) is 36.7 Å². The second-order valence-electron chi connectivity index (χ2n) is 5.81. The number of amides is 1. The zero-order chi connectivity index (χ0) is 15.6. The van der Waals surface area contributed by atoms with Crippen LogP contribution in [0.2, 0.25) is 0 Å². The Kier molecular flexibility index (Phi) is 3.79. The molecule has 1 aromatic heterocycles. The number of hydrogen-bond acceptors (Lipinski definition) is 3. The summed E-state index contributed by atoms with van der Waals surface area (Å²) in [6.45, 7) is 0. The molecule has 1 saturated carbocycles. The number of aromatic nitrogens is 1. The normalized spacial score (nSPS) is 17.1. The molecule has 1 aliphatic carbocycles. The van der Waals surface area contributed by atoms with Crippen molar-refractivity contribution in [2.24, 2.45) is 0 Å². The van der Waals surface area contributed by atoms with Crippen molar-refractivity contribution in [3.63, 3.8) is 0 Å². The topological polar surface area (TPSA) is 79.3 Å². The Balaban J connectivity index is 1.94. The highest BCUT2D eigenvalue weighted by Gasteiger charge is 2.41. The van der Waals surface area contributed by atoms with E-state index in [-0.39, 0.29) is 5.91 Å². The Hall–Kier alpha value is -2.43. The molecule has 0 spiro atoms. The minimum Gasteiger partial charge on any atom is -0.480 e. The monoisotopic (exact) mass is 298 g/mol. The van der Waals surface area contributed by atoms with Crippen LogP contribution >= 0.6 is 0 Å². The van der Waals surface area contributed by atoms with E-state index in [1.54, 1.807) is 6.20 Å². The summed E-state index contributed by atoms with van der Waals surface area (Å²) in [5.41, 5.74) is -0.726. The van der Waals surface area contributed by atoms with Crippen LogP contribution in [0.5, 0.6) is 0 Å². The summed E-state index contributed by atoms with van der Waals surface area (Å²) in [6, 6.07) is 7.46. The molecule has 1 fully saturated rings. The largest absolute Gasteiger partial charge is 0.480 e. The molecule has 2 N–H and O–H groups in total. The van der Waals surface area contributed by atoms with E-state index in [9.17, 15) is 14.7 Å². The summed E-state index contributed by atoms with van der Waals surface area (Å²) in [7, 11) is 0. The van der Waals surface area contributed by atoms with Crippen molar-refractivity contribution < 1.29 is 14.7 Å². The molecule has 1 aliphatic rings. The van der Waals surface area contributed by atoms with Gasteiger partial charge in [0.1, 0.15) is 5.54 Å². The Morgan fingerprint density at radius 2 is 1.82 bits per heavy atom. The van der Waals surface area contributed by atoms with Gasteiger partial charge in [-0.1, -0.05) is 43.5 Å². The van der Waals surface area contributed by atoms with E-state index < -0.39 is 11.5 Å². The van der Waals surface area contributed by atoms with Gasteiger partial charge in [0.05, 0.1) is 5.56 Å². The lowest BCUT2D eigenvalue weighted by Gasteiger charge is -2.34. The van der Waals surface area contributed by atoms with Crippen molar-refractivity contribution >= 4 is 22.6 Å². The average Bonchev–Trinajstić information content (AvgIpc) is 2.55. The molecule has 22 heavy (non-hydrogen) atoms. The van der Waals surface area contributed by atoms with Crippen molar-refractivity contribution in [3.8, 4) is 0 Å². The molecule has 3 rings (SSSR count). The number of rotatable bonds is 3. The second-order valence-corrected chi connectivity index (χ2v) is 5.81. The molecule has 1 amide bonds. The van der Waals surface area contributed by atoms with Gasteiger partial charge >= 0.3 is 5.97 Å². The molecule has 2 aromatic rings. The number of carbonyl (C=O) groups excluding carboxylic acids is 1. The van der Waals surface area contributed by atoms with E-state index in [0.29, 0.717) is 18.4 Å². The molecule has 1 heterocycles. The first-order valence-corrected chi connectivity index (χ1v) is 7.51. The van der Waals surface area contributed by atoms with Crippen molar-refractivity contribution in [2.45, 2.75) is 37.6 Å². The lowest BCUT2D eigenvalue weighted by atomic mass is 9.81. The number of carboxylic acid groups (broad SMARTS) is 1. The molecule has 0 atom stereocenters. The number of nitrogens with zero attached hydrogens (tertiary/aromatic N) is 1. The Morgan fingerprint density at radius 3 is 2.55 bits per heavy atom. The third kappa shape index (κ3) is 2.54. The number of pyridine rings is 1. The quantitative estimate of drug-likeness (QED) is 0.913. The number of hydrogen-bond donors (Lipinski definition) is 2. The molecule has 0 unspecified atom stereocenters. The molecule has 0 aliphatic heterocycles. The van der Waals surface area contributed by atoms with E-state index in [0.717, 1.165) is 30.0 Å². The third-order valence-corrected chi connectivity index (χ3v) is 4.38. The minimum atomic E-state index is -1.15. The van der Waals surface area contributed by atoms with Gasteiger partial charge in [-0.15, -0.1) is 0 Å². The summed E-state index contributed by atoms with van der Waals surface area (Å²) in [4.78, 5) is 28.4. The molecule has 1 aromatic carbocycles. The summed E-state index contributed by atoms with van der Waals surface area (Å²) in [5, 5.41) is 14.0. The SMILES string of the molecule is O=C(NC1(C(=O)O)CCCCC1)c1cncc2ccccc12. The Labute approximate surface area is 128 Å². The number of fused-ring (bicyclic) bond motifs is 1. The molecule has 0 bridgehead atoms. The van der Waals surface area contributed by atoms with Crippen LogP contribution in [0.1, 0.15) is 42.5 Å². The fraction of sp³-hybridized carbons (Fsp3) is 0.353. The molecular formula is C17H18N2O3. The van der Waals surface area contributed by atoms with E-state index in [2.05, 4.69) is 10.3 Å². The van der Waals surface area contributed by atoms with Crippen molar-refractivity contribution in [1.29, 1.82) is 0 Å². The third-order valence-electron chi connectivity index (χ3n) is 4.38. The maximum Gasteiger partial charge on any atom is 0.329 e. The molecule has 0 radical (unpaired) electrons. The van der Waals surface area contributed by atoms with E-state index in [1.165, 1.54) is 6.20 Å². The van der Waals surface area contributed by atoms with Crippen molar-refractivity contribution in [3.05, 3.63) is 42.2 Å². The molecule has 0 saturated heterocycles. The van der Waals surface area contributed by atoms with Crippen LogP contribution in [-0.2, 0) is 4.79 Å². The number of aliphatic carboxylic acids is 1. The van der Waals surface area contributed by atoms with Crippen LogP contribution in [-0.4, -0.2) is 27.5 Å². The lowest BCUT2D eigenvalue weighted by Crippen LogP contribution is -2.55. The number of benzene rings is 1. The van der Waals surface area contributed by atoms with E-state index in [1.807, 2.05) is 24.3 Å². The fourth-order valence-corrected chi connectivity index (χ4v) is 3.13. The van der Waals surface area contributed by atoms with Crippen LogP contribution in [0.4, 0.5) is 0 Å². The predicted molar refractivity (Wildman–Crippen MR) is 82.7 cm³/mol. The van der Waals surface area contributed by atoms with Gasteiger partial charge in [-0.05, 0) is 18.2 Å². The van der Waals surface area contributed by atoms with Gasteiger partial charge in [-0.25, -0.2) is 4.79 Å². The molecule has 114 valence electrons. The van der Waals surface area contributed by atoms with Gasteiger partial charge in [-0.3, -0.25) is 9.78 Å². The van der Waals surface area contributed by atoms with Crippen LogP contribution < -0.4 is 5.32 Å². The first-order chi connectivity index (χ1) is 10.6. The summed E-state index contributed by atoms with van der Waals surface area (Å²) < 4.78 is 0. The van der Waals surface area contributed by atoms with Crippen LogP contribution in [0.25, 0.3) is 10.8 Å². The van der Waals surface area contributed by atoms with Crippen LogP contribution in [0, 0.1) is 0 Å². The number of nitrogens with one attached hydrogen (secondary N) is 1. The Bertz CT molecular complexity index is 715. The predicted octanol–water partition coefficient (Wildman–Crippen LogP) is 2.75. The lowest BCUT2D eigenvalue weighted by molar-refractivity contribution is -0.145. The Morgan fingerprint density at radius 1 is 1.09 bits per heavy atom. The smallest absolute Gasteiger partial charge is 0.329 e. The standard InChI is InChI=1S/C17H18N2O3/c20-15(19-17(16(21)22)8-4-1-5-9-17)14-11-18-10-12-6-2-3-7-13(12)14/h2-3,6-7,10-11H,1,4-5,8-9H2,(H,19,20)(H,21,22). The highest BCUT2D eigenvalue weighted by atomic mass is 16.4. The number of carboxylic acids is 1. The molecule has 5 heteroatoms. The highest BCUT2D eigenvalue weighted by Crippen LogP contribution is 2.29. The second kappa shape index (κ2) is 5.75. The maximum atomic E-state index is 12.6.